The number of hydrogen-bond donors (Lipinski definition) is 1. The number of aromatic hydroxyl groups is 1. The zero-order chi connectivity index (χ0) is 17.7. The van der Waals surface area contributed by atoms with Gasteiger partial charge in [0, 0.05) is 0 Å². The average Bonchev–Trinajstić information content (AvgIpc) is 2.62. The van der Waals surface area contributed by atoms with Crippen molar-refractivity contribution in [3.8, 4) is 5.75 Å². The Hall–Kier alpha value is -1.50. The number of phenols is 1. The van der Waals surface area contributed by atoms with E-state index in [1.165, 1.54) is 94.4 Å². The van der Waals surface area contributed by atoms with Gasteiger partial charge in [-0.05, 0) is 41.3 Å². The predicted molar refractivity (Wildman–Crippen MR) is 110 cm³/mol. The maximum absolute atomic E-state index is 9.53. The second-order valence-corrected chi connectivity index (χ2v) is 7.50. The topological polar surface area (TPSA) is 20.2 Å². The second-order valence-electron chi connectivity index (χ2n) is 7.50. The van der Waals surface area contributed by atoms with Crippen LogP contribution in [0.15, 0.2) is 36.4 Å². The Morgan fingerprint density at radius 3 is 1.76 bits per heavy atom. The van der Waals surface area contributed by atoms with E-state index in [1.807, 2.05) is 12.1 Å². The van der Waals surface area contributed by atoms with Crippen LogP contribution in [0, 0.1) is 0 Å². The van der Waals surface area contributed by atoms with Gasteiger partial charge in [0.2, 0.25) is 0 Å². The van der Waals surface area contributed by atoms with Gasteiger partial charge >= 0.3 is 0 Å². The molecule has 0 atom stereocenters. The maximum Gasteiger partial charge on any atom is 0.116 e. The SMILES string of the molecule is CCCCCCCCCCCCCCc1ccc2cc(O)ccc2c1. The number of aryl methyl sites for hydroxylation is 1. The Kier molecular flexibility index (Phi) is 9.47. The Labute approximate surface area is 154 Å². The van der Waals surface area contributed by atoms with E-state index in [-0.39, 0.29) is 0 Å². The third kappa shape index (κ3) is 7.94. The first-order valence-corrected chi connectivity index (χ1v) is 10.5. The minimum absolute atomic E-state index is 0.348. The molecule has 2 aromatic rings. The van der Waals surface area contributed by atoms with Crippen molar-refractivity contribution in [1.29, 1.82) is 0 Å². The van der Waals surface area contributed by atoms with Crippen LogP contribution in [0.3, 0.4) is 0 Å². The fourth-order valence-electron chi connectivity index (χ4n) is 3.61. The Balaban J connectivity index is 1.50. The molecular formula is C24H36O. The molecule has 2 aromatic carbocycles. The first-order chi connectivity index (χ1) is 12.3. The van der Waals surface area contributed by atoms with Crippen LogP contribution in [0.1, 0.15) is 89.5 Å². The molecule has 1 N–H and O–H groups in total. The zero-order valence-electron chi connectivity index (χ0n) is 16.1. The fraction of sp³-hybridized carbons (Fsp3) is 0.583. The summed E-state index contributed by atoms with van der Waals surface area (Å²) in [6.07, 6.45) is 18.0. The van der Waals surface area contributed by atoms with Gasteiger partial charge in [-0.25, -0.2) is 0 Å². The molecule has 1 heteroatoms. The van der Waals surface area contributed by atoms with Crippen molar-refractivity contribution in [1.82, 2.24) is 0 Å². The lowest BCUT2D eigenvalue weighted by atomic mass is 10.0. The van der Waals surface area contributed by atoms with Gasteiger partial charge in [0.25, 0.3) is 0 Å². The van der Waals surface area contributed by atoms with Crippen molar-refractivity contribution in [3.63, 3.8) is 0 Å². The first kappa shape index (κ1) is 19.8. The number of rotatable bonds is 13. The first-order valence-electron chi connectivity index (χ1n) is 10.5. The van der Waals surface area contributed by atoms with Crippen LogP contribution in [0.5, 0.6) is 5.75 Å². The molecule has 25 heavy (non-hydrogen) atoms. The third-order valence-corrected chi connectivity index (χ3v) is 5.21. The van der Waals surface area contributed by atoms with Crippen molar-refractivity contribution in [3.05, 3.63) is 42.0 Å². The van der Waals surface area contributed by atoms with E-state index in [2.05, 4.69) is 25.1 Å². The van der Waals surface area contributed by atoms with E-state index >= 15 is 0 Å². The lowest BCUT2D eigenvalue weighted by molar-refractivity contribution is 0.476. The molecule has 0 saturated heterocycles. The van der Waals surface area contributed by atoms with Crippen molar-refractivity contribution in [2.75, 3.05) is 0 Å². The Morgan fingerprint density at radius 1 is 0.600 bits per heavy atom. The molecular weight excluding hydrogens is 304 g/mol. The largest absolute Gasteiger partial charge is 0.508 e. The Bertz CT molecular complexity index is 602. The monoisotopic (exact) mass is 340 g/mol. The minimum atomic E-state index is 0.348. The molecule has 0 fully saturated rings. The molecule has 0 aliphatic heterocycles. The molecule has 0 aromatic heterocycles. The summed E-state index contributed by atoms with van der Waals surface area (Å²) < 4.78 is 0. The Morgan fingerprint density at radius 2 is 1.12 bits per heavy atom. The summed E-state index contributed by atoms with van der Waals surface area (Å²) in [5.74, 6) is 0.348. The third-order valence-electron chi connectivity index (χ3n) is 5.21. The van der Waals surface area contributed by atoms with E-state index in [0.717, 1.165) is 5.39 Å². The van der Waals surface area contributed by atoms with E-state index in [0.29, 0.717) is 5.75 Å². The molecule has 0 aliphatic carbocycles. The minimum Gasteiger partial charge on any atom is -0.508 e. The van der Waals surface area contributed by atoms with Gasteiger partial charge in [-0.15, -0.1) is 0 Å². The van der Waals surface area contributed by atoms with Crippen LogP contribution in [-0.4, -0.2) is 5.11 Å². The van der Waals surface area contributed by atoms with Gasteiger partial charge in [0.15, 0.2) is 0 Å². The summed E-state index contributed by atoms with van der Waals surface area (Å²) in [6.45, 7) is 2.28. The van der Waals surface area contributed by atoms with Gasteiger partial charge in [0.1, 0.15) is 5.75 Å². The van der Waals surface area contributed by atoms with E-state index in [9.17, 15) is 5.11 Å². The number of fused-ring (bicyclic) bond motifs is 1. The lowest BCUT2D eigenvalue weighted by Gasteiger charge is -2.05. The standard InChI is InChI=1S/C24H36O/c1-2-3-4-5-6-7-8-9-10-11-12-13-14-21-15-16-23-20-24(25)18-17-22(23)19-21/h15-20,25H,2-14H2,1H3. The predicted octanol–water partition coefficient (Wildman–Crippen LogP) is 7.79. The van der Waals surface area contributed by atoms with E-state index < -0.39 is 0 Å². The van der Waals surface area contributed by atoms with Gasteiger partial charge in [0.05, 0.1) is 0 Å². The number of phenolic OH excluding ortho intramolecular Hbond substituents is 1. The van der Waals surface area contributed by atoms with Crippen LogP contribution in [-0.2, 0) is 6.42 Å². The van der Waals surface area contributed by atoms with Crippen molar-refractivity contribution >= 4 is 10.8 Å². The fourth-order valence-corrected chi connectivity index (χ4v) is 3.61. The highest BCUT2D eigenvalue weighted by atomic mass is 16.3. The summed E-state index contributed by atoms with van der Waals surface area (Å²) in [5, 5.41) is 11.9. The van der Waals surface area contributed by atoms with Crippen LogP contribution in [0.4, 0.5) is 0 Å². The summed E-state index contributed by atoms with van der Waals surface area (Å²) in [6, 6.07) is 12.2. The summed E-state index contributed by atoms with van der Waals surface area (Å²) >= 11 is 0. The number of benzene rings is 2. The summed E-state index contributed by atoms with van der Waals surface area (Å²) in [7, 11) is 0. The molecule has 0 heterocycles. The van der Waals surface area contributed by atoms with Gasteiger partial charge < -0.3 is 5.11 Å². The van der Waals surface area contributed by atoms with Crippen LogP contribution in [0.25, 0.3) is 10.8 Å². The van der Waals surface area contributed by atoms with E-state index in [1.54, 1.807) is 6.07 Å². The summed E-state index contributed by atoms with van der Waals surface area (Å²) in [4.78, 5) is 0. The normalized spacial score (nSPS) is 11.2. The molecule has 138 valence electrons. The smallest absolute Gasteiger partial charge is 0.116 e. The highest BCUT2D eigenvalue weighted by Gasteiger charge is 1.99. The van der Waals surface area contributed by atoms with Crippen LogP contribution in [0.2, 0.25) is 0 Å². The zero-order valence-corrected chi connectivity index (χ0v) is 16.1. The average molecular weight is 341 g/mol. The highest BCUT2D eigenvalue weighted by Crippen LogP contribution is 2.22. The second kappa shape index (κ2) is 12.0. The van der Waals surface area contributed by atoms with Gasteiger partial charge in [-0.3, -0.25) is 0 Å². The van der Waals surface area contributed by atoms with Crippen LogP contribution < -0.4 is 0 Å². The highest BCUT2D eigenvalue weighted by molar-refractivity contribution is 5.84. The van der Waals surface area contributed by atoms with Crippen molar-refractivity contribution in [2.24, 2.45) is 0 Å². The van der Waals surface area contributed by atoms with Crippen LogP contribution >= 0.6 is 0 Å². The number of hydrogen-bond acceptors (Lipinski definition) is 1. The summed E-state index contributed by atoms with van der Waals surface area (Å²) in [5.41, 5.74) is 1.42. The number of unbranched alkanes of at least 4 members (excludes halogenated alkanes) is 11. The maximum atomic E-state index is 9.53. The molecule has 0 bridgehead atoms. The quantitative estimate of drug-likeness (QED) is 0.369. The molecule has 0 radical (unpaired) electrons. The molecule has 1 nitrogen and oxygen atoms in total. The molecule has 0 aliphatic rings. The van der Waals surface area contributed by atoms with Gasteiger partial charge in [-0.1, -0.05) is 102 Å². The molecule has 0 spiro atoms. The molecule has 0 unspecified atom stereocenters. The molecule has 0 amide bonds. The van der Waals surface area contributed by atoms with Crippen molar-refractivity contribution < 1.29 is 5.11 Å². The van der Waals surface area contributed by atoms with Gasteiger partial charge in [-0.2, -0.15) is 0 Å². The van der Waals surface area contributed by atoms with Crippen molar-refractivity contribution in [2.45, 2.75) is 90.4 Å². The molecule has 2 rings (SSSR count). The van der Waals surface area contributed by atoms with E-state index in [4.69, 9.17) is 0 Å². The molecule has 0 saturated carbocycles. The lowest BCUT2D eigenvalue weighted by Crippen LogP contribution is -1.87.